The summed E-state index contributed by atoms with van der Waals surface area (Å²) in [4.78, 5) is 12.6. The molecular weight excluding hydrogens is 208 g/mol. The number of methoxy groups -OCH3 is 1. The highest BCUT2D eigenvalue weighted by Crippen LogP contribution is 2.21. The second-order valence-corrected chi connectivity index (χ2v) is 4.35. The average Bonchev–Trinajstić information content (AvgIpc) is 2.25. The largest absolute Gasteiger partial charge is 0.384 e. The molecule has 1 aromatic carbocycles. The molecule has 82 valence electrons. The van der Waals surface area contributed by atoms with Gasteiger partial charge in [-0.25, -0.2) is 0 Å². The molecule has 0 aliphatic carbocycles. The molecule has 0 unspecified atom stereocenters. The lowest BCUT2D eigenvalue weighted by Crippen LogP contribution is -2.05. The van der Waals surface area contributed by atoms with E-state index in [2.05, 4.69) is 13.0 Å². The molecule has 0 bridgehead atoms. The predicted molar refractivity (Wildman–Crippen MR) is 63.4 cm³/mol. The summed E-state index contributed by atoms with van der Waals surface area (Å²) in [6.07, 6.45) is 0.509. The second-order valence-electron chi connectivity index (χ2n) is 3.34. The highest BCUT2D eigenvalue weighted by Gasteiger charge is 2.04. The third-order valence-corrected chi connectivity index (χ3v) is 3.30. The van der Waals surface area contributed by atoms with Gasteiger partial charge in [-0.2, -0.15) is 0 Å². The zero-order valence-electron chi connectivity index (χ0n) is 9.16. The predicted octanol–water partition coefficient (Wildman–Crippen LogP) is 2.69. The summed E-state index contributed by atoms with van der Waals surface area (Å²) in [6, 6.07) is 8.10. The number of Topliss-reactive ketones (excluding diaryl/α,β-unsaturated/α-hetero) is 1. The van der Waals surface area contributed by atoms with Gasteiger partial charge in [0.25, 0.3) is 0 Å². The van der Waals surface area contributed by atoms with Crippen molar-refractivity contribution in [3.63, 3.8) is 0 Å². The maximum absolute atomic E-state index is 11.4. The molecule has 0 saturated carbocycles. The van der Waals surface area contributed by atoms with Gasteiger partial charge in [0.05, 0.1) is 12.4 Å². The van der Waals surface area contributed by atoms with Gasteiger partial charge in [-0.05, 0) is 18.6 Å². The van der Waals surface area contributed by atoms with Gasteiger partial charge in [0, 0.05) is 18.4 Å². The Bertz CT molecular complexity index is 323. The van der Waals surface area contributed by atoms with Crippen LogP contribution in [0.2, 0.25) is 0 Å². The monoisotopic (exact) mass is 224 g/mol. The van der Waals surface area contributed by atoms with Gasteiger partial charge in [-0.15, -0.1) is 11.8 Å². The minimum Gasteiger partial charge on any atom is -0.384 e. The molecule has 0 radical (unpaired) electrons. The van der Waals surface area contributed by atoms with Crippen molar-refractivity contribution in [1.29, 1.82) is 0 Å². The van der Waals surface area contributed by atoms with E-state index in [0.717, 1.165) is 0 Å². The summed E-state index contributed by atoms with van der Waals surface area (Å²) in [7, 11) is 1.61. The number of aryl methyl sites for hydroxylation is 1. The van der Waals surface area contributed by atoms with Crippen molar-refractivity contribution < 1.29 is 9.53 Å². The fourth-order valence-corrected chi connectivity index (χ4v) is 2.10. The fourth-order valence-electron chi connectivity index (χ4n) is 1.16. The topological polar surface area (TPSA) is 26.3 Å². The van der Waals surface area contributed by atoms with Gasteiger partial charge in [-0.1, -0.05) is 18.2 Å². The Morgan fingerprint density at radius 3 is 2.80 bits per heavy atom. The van der Waals surface area contributed by atoms with Crippen molar-refractivity contribution in [2.75, 3.05) is 19.5 Å². The molecule has 2 nitrogen and oxygen atoms in total. The summed E-state index contributed by atoms with van der Waals surface area (Å²) in [5.74, 6) is 0.777. The van der Waals surface area contributed by atoms with Crippen LogP contribution in [0.4, 0.5) is 0 Å². The Morgan fingerprint density at radius 1 is 1.40 bits per heavy atom. The molecule has 0 fully saturated rings. The number of hydrogen-bond acceptors (Lipinski definition) is 3. The van der Waals surface area contributed by atoms with E-state index in [-0.39, 0.29) is 5.78 Å². The van der Waals surface area contributed by atoms with E-state index >= 15 is 0 Å². The van der Waals surface area contributed by atoms with Crippen LogP contribution in [-0.4, -0.2) is 25.3 Å². The standard InChI is InChI=1S/C12H16O2S/c1-10-5-3-4-6-12(10)15-9-11(13)7-8-14-2/h3-6H,7-9H2,1-2H3. The first-order valence-electron chi connectivity index (χ1n) is 4.93. The van der Waals surface area contributed by atoms with Crippen molar-refractivity contribution in [1.82, 2.24) is 0 Å². The van der Waals surface area contributed by atoms with Crippen LogP contribution < -0.4 is 0 Å². The van der Waals surface area contributed by atoms with Crippen molar-refractivity contribution in [3.05, 3.63) is 29.8 Å². The zero-order chi connectivity index (χ0) is 11.1. The van der Waals surface area contributed by atoms with Crippen LogP contribution in [0.3, 0.4) is 0 Å². The number of ether oxygens (including phenoxy) is 1. The van der Waals surface area contributed by atoms with E-state index in [1.807, 2.05) is 18.2 Å². The van der Waals surface area contributed by atoms with E-state index < -0.39 is 0 Å². The lowest BCUT2D eigenvalue weighted by Gasteiger charge is -2.04. The molecule has 0 atom stereocenters. The number of hydrogen-bond donors (Lipinski definition) is 0. The minimum atomic E-state index is 0.241. The van der Waals surface area contributed by atoms with Gasteiger partial charge in [0.2, 0.25) is 0 Å². The first-order valence-corrected chi connectivity index (χ1v) is 5.91. The Hall–Kier alpha value is -0.800. The molecule has 15 heavy (non-hydrogen) atoms. The van der Waals surface area contributed by atoms with Crippen LogP contribution in [0.5, 0.6) is 0 Å². The van der Waals surface area contributed by atoms with Crippen molar-refractivity contribution >= 4 is 17.5 Å². The number of benzene rings is 1. The third-order valence-electron chi connectivity index (χ3n) is 2.07. The SMILES string of the molecule is COCCC(=O)CSc1ccccc1C. The van der Waals surface area contributed by atoms with Gasteiger partial charge in [0.15, 0.2) is 0 Å². The first-order chi connectivity index (χ1) is 7.24. The van der Waals surface area contributed by atoms with Gasteiger partial charge in [0.1, 0.15) is 5.78 Å². The molecule has 0 heterocycles. The lowest BCUT2D eigenvalue weighted by molar-refractivity contribution is -0.117. The summed E-state index contributed by atoms with van der Waals surface area (Å²) in [6.45, 7) is 2.58. The molecule has 0 saturated heterocycles. The maximum atomic E-state index is 11.4. The first kappa shape index (κ1) is 12.3. The fraction of sp³-hybridized carbons (Fsp3) is 0.417. The van der Waals surface area contributed by atoms with E-state index in [4.69, 9.17) is 4.74 Å². The number of thioether (sulfide) groups is 1. The highest BCUT2D eigenvalue weighted by molar-refractivity contribution is 8.00. The molecule has 0 aliphatic heterocycles. The molecule has 0 N–H and O–H groups in total. The van der Waals surface area contributed by atoms with Crippen LogP contribution in [0.1, 0.15) is 12.0 Å². The van der Waals surface area contributed by atoms with E-state index in [1.165, 1.54) is 10.5 Å². The van der Waals surface area contributed by atoms with Crippen molar-refractivity contribution in [2.45, 2.75) is 18.2 Å². The van der Waals surface area contributed by atoms with E-state index in [1.54, 1.807) is 18.9 Å². The Kier molecular flexibility index (Phi) is 5.43. The Labute approximate surface area is 95.0 Å². The molecule has 0 amide bonds. The van der Waals surface area contributed by atoms with Gasteiger partial charge < -0.3 is 4.74 Å². The van der Waals surface area contributed by atoms with Crippen LogP contribution >= 0.6 is 11.8 Å². The molecule has 1 rings (SSSR count). The minimum absolute atomic E-state index is 0.241. The van der Waals surface area contributed by atoms with Gasteiger partial charge in [-0.3, -0.25) is 4.79 Å². The van der Waals surface area contributed by atoms with Crippen LogP contribution in [0.25, 0.3) is 0 Å². The van der Waals surface area contributed by atoms with Crippen molar-refractivity contribution in [2.24, 2.45) is 0 Å². The molecule has 0 spiro atoms. The Balaban J connectivity index is 2.37. The number of ketones is 1. The van der Waals surface area contributed by atoms with Crippen molar-refractivity contribution in [3.8, 4) is 0 Å². The zero-order valence-corrected chi connectivity index (χ0v) is 9.97. The smallest absolute Gasteiger partial charge is 0.145 e. The second kappa shape index (κ2) is 6.64. The molecule has 3 heteroatoms. The molecule has 1 aromatic rings. The maximum Gasteiger partial charge on any atom is 0.145 e. The van der Waals surface area contributed by atoms with Crippen LogP contribution in [0.15, 0.2) is 29.2 Å². The lowest BCUT2D eigenvalue weighted by atomic mass is 10.2. The Morgan fingerprint density at radius 2 is 2.13 bits per heavy atom. The number of rotatable bonds is 6. The summed E-state index contributed by atoms with van der Waals surface area (Å²) in [5.41, 5.74) is 1.22. The van der Waals surface area contributed by atoms with Crippen LogP contribution in [0, 0.1) is 6.92 Å². The number of carbonyl (C=O) groups is 1. The highest BCUT2D eigenvalue weighted by atomic mass is 32.2. The number of carbonyl (C=O) groups excluding carboxylic acids is 1. The normalized spacial score (nSPS) is 10.3. The molecular formula is C12H16O2S. The van der Waals surface area contributed by atoms with Crippen LogP contribution in [-0.2, 0) is 9.53 Å². The summed E-state index contributed by atoms with van der Waals surface area (Å²) < 4.78 is 4.86. The third kappa shape index (κ3) is 4.49. The van der Waals surface area contributed by atoms with E-state index in [9.17, 15) is 4.79 Å². The summed E-state index contributed by atoms with van der Waals surface area (Å²) >= 11 is 1.60. The van der Waals surface area contributed by atoms with E-state index in [0.29, 0.717) is 18.8 Å². The summed E-state index contributed by atoms with van der Waals surface area (Å²) in [5, 5.41) is 0. The molecule has 0 aromatic heterocycles. The molecule has 0 aliphatic rings. The average molecular weight is 224 g/mol. The van der Waals surface area contributed by atoms with Gasteiger partial charge >= 0.3 is 0 Å². The quantitative estimate of drug-likeness (QED) is 0.695.